The van der Waals surface area contributed by atoms with Crippen molar-refractivity contribution in [2.45, 2.75) is 56.4 Å². The summed E-state index contributed by atoms with van der Waals surface area (Å²) in [5.41, 5.74) is -0.867. The van der Waals surface area contributed by atoms with Crippen LogP contribution in [0.3, 0.4) is 0 Å². The average Bonchev–Trinajstić information content (AvgIpc) is 3.10. The number of hydrogen-bond acceptors (Lipinski definition) is 6. The van der Waals surface area contributed by atoms with E-state index in [0.29, 0.717) is 41.2 Å². The van der Waals surface area contributed by atoms with Crippen molar-refractivity contribution in [1.29, 1.82) is 0 Å². The van der Waals surface area contributed by atoms with Gasteiger partial charge >= 0.3 is 0 Å². The summed E-state index contributed by atoms with van der Waals surface area (Å²) in [4.78, 5) is 13.2. The van der Waals surface area contributed by atoms with E-state index in [1.54, 1.807) is 4.57 Å². The molecule has 0 spiro atoms. The van der Waals surface area contributed by atoms with Crippen molar-refractivity contribution in [3.8, 4) is 0 Å². The lowest BCUT2D eigenvalue weighted by atomic mass is 9.95. The maximum Gasteiger partial charge on any atom is 0.226 e. The van der Waals surface area contributed by atoms with Gasteiger partial charge in [0.2, 0.25) is 5.28 Å². The molecule has 7 atom stereocenters. The van der Waals surface area contributed by atoms with Crippen LogP contribution in [0.4, 0.5) is 5.82 Å². The second kappa shape index (κ2) is 5.72. The number of anilines is 1. The Morgan fingerprint density at radius 1 is 1.25 bits per heavy atom. The third-order valence-electron chi connectivity index (χ3n) is 7.90. The van der Waals surface area contributed by atoms with Gasteiger partial charge in [-0.05, 0) is 55.0 Å². The summed E-state index contributed by atoms with van der Waals surface area (Å²) in [5, 5.41) is 25.9. The molecule has 2 bridgehead atoms. The molecule has 0 radical (unpaired) electrons. The molecule has 4 aliphatic carbocycles. The number of nitrogens with zero attached hydrogens (tertiary/aromatic N) is 4. The van der Waals surface area contributed by atoms with Gasteiger partial charge in [-0.25, -0.2) is 4.98 Å². The largest absolute Gasteiger partial charge is 0.387 e. The van der Waals surface area contributed by atoms with E-state index in [4.69, 9.17) is 23.2 Å². The van der Waals surface area contributed by atoms with Gasteiger partial charge in [0, 0.05) is 23.8 Å². The quantitative estimate of drug-likeness (QED) is 0.516. The molecule has 7 nitrogen and oxygen atoms in total. The molecule has 9 heteroatoms. The van der Waals surface area contributed by atoms with Gasteiger partial charge in [-0.15, -0.1) is 11.6 Å². The number of aliphatic hydroxyl groups excluding tert-OH is 1. The van der Waals surface area contributed by atoms with Crippen molar-refractivity contribution >= 4 is 40.2 Å². The summed E-state index contributed by atoms with van der Waals surface area (Å²) in [7, 11) is 0. The zero-order valence-corrected chi connectivity index (χ0v) is 16.9. The lowest BCUT2D eigenvalue weighted by molar-refractivity contribution is -0.137. The number of alkyl halides is 1. The maximum atomic E-state index is 11.4. The Bertz CT molecular complexity index is 965. The molecule has 0 saturated heterocycles. The van der Waals surface area contributed by atoms with Gasteiger partial charge in [0.25, 0.3) is 0 Å². The standard InChI is InChI=1S/C19H23Cl2N5O2/c20-7-18-5-11(18)6-19(28,16(18)27)26-8-22-13-14(24-17(21)25-15(13)26)23-12-4-9-1-2-10(12)3-9/h8-12,16,27-28H,1-7H2,(H,23,24,25)/t9?,10?,11?,12?,16-,18?,19-/m1/s1. The molecule has 0 aliphatic heterocycles. The van der Waals surface area contributed by atoms with E-state index < -0.39 is 17.2 Å². The van der Waals surface area contributed by atoms with Crippen molar-refractivity contribution in [2.75, 3.05) is 11.2 Å². The average molecular weight is 424 g/mol. The SMILES string of the molecule is O[C@@H]1C2(CCl)CC2C[C@]1(O)n1cnc2c(NC3CC4CCC3C4)nc(Cl)nc21. The molecule has 0 aromatic carbocycles. The highest BCUT2D eigenvalue weighted by Gasteiger charge is 2.72. The summed E-state index contributed by atoms with van der Waals surface area (Å²) >= 11 is 12.3. The zero-order valence-electron chi connectivity index (χ0n) is 15.4. The van der Waals surface area contributed by atoms with Crippen LogP contribution >= 0.6 is 23.2 Å². The number of imidazole rings is 1. The van der Waals surface area contributed by atoms with E-state index >= 15 is 0 Å². The van der Waals surface area contributed by atoms with Gasteiger partial charge in [0.1, 0.15) is 6.10 Å². The zero-order chi connectivity index (χ0) is 19.3. The molecular formula is C19H23Cl2N5O2. The molecule has 2 aromatic rings. The number of rotatable bonds is 4. The van der Waals surface area contributed by atoms with Crippen LogP contribution in [0.1, 0.15) is 38.5 Å². The Morgan fingerprint density at radius 3 is 2.79 bits per heavy atom. The fourth-order valence-corrected chi connectivity index (χ4v) is 6.90. The second-order valence-corrected chi connectivity index (χ2v) is 9.91. The topological polar surface area (TPSA) is 96.1 Å². The minimum absolute atomic E-state index is 0.105. The molecular weight excluding hydrogens is 401 g/mol. The van der Waals surface area contributed by atoms with Gasteiger partial charge in [-0.3, -0.25) is 4.57 Å². The minimum Gasteiger partial charge on any atom is -0.387 e. The number of aromatic nitrogens is 4. The van der Waals surface area contributed by atoms with Crippen LogP contribution in [0.5, 0.6) is 0 Å². The number of nitrogens with one attached hydrogen (secondary N) is 1. The fraction of sp³-hybridized carbons (Fsp3) is 0.737. The Kier molecular flexibility index (Phi) is 3.61. The highest BCUT2D eigenvalue weighted by molar-refractivity contribution is 6.28. The van der Waals surface area contributed by atoms with E-state index in [2.05, 4.69) is 20.3 Å². The first-order valence-electron chi connectivity index (χ1n) is 10.1. The van der Waals surface area contributed by atoms with Crippen LogP contribution in [0, 0.1) is 23.2 Å². The van der Waals surface area contributed by atoms with Gasteiger partial charge in [-0.2, -0.15) is 9.97 Å². The Morgan fingerprint density at radius 2 is 2.11 bits per heavy atom. The van der Waals surface area contributed by atoms with Gasteiger partial charge in [0.05, 0.1) is 6.33 Å². The summed E-state index contributed by atoms with van der Waals surface area (Å²) in [6.45, 7) is 0. The first kappa shape index (κ1) is 17.7. The molecule has 5 unspecified atom stereocenters. The van der Waals surface area contributed by atoms with Crippen LogP contribution < -0.4 is 5.32 Å². The van der Waals surface area contributed by atoms with E-state index in [9.17, 15) is 10.2 Å². The lowest BCUT2D eigenvalue weighted by Crippen LogP contribution is -2.46. The van der Waals surface area contributed by atoms with E-state index in [1.807, 2.05) is 0 Å². The van der Waals surface area contributed by atoms with Crippen molar-refractivity contribution in [1.82, 2.24) is 19.5 Å². The molecule has 2 aromatic heterocycles. The second-order valence-electron chi connectivity index (χ2n) is 9.31. The van der Waals surface area contributed by atoms with Gasteiger partial charge in [-0.1, -0.05) is 6.42 Å². The summed E-state index contributed by atoms with van der Waals surface area (Å²) in [6.07, 6.45) is 6.87. The fourth-order valence-electron chi connectivity index (χ4n) is 6.27. The Balaban J connectivity index is 1.39. The van der Waals surface area contributed by atoms with Crippen LogP contribution in [0.15, 0.2) is 6.33 Å². The highest BCUT2D eigenvalue weighted by atomic mass is 35.5. The maximum absolute atomic E-state index is 11.4. The highest BCUT2D eigenvalue weighted by Crippen LogP contribution is 2.68. The molecule has 0 amide bonds. The predicted molar refractivity (Wildman–Crippen MR) is 105 cm³/mol. The number of halogens is 2. The van der Waals surface area contributed by atoms with Gasteiger partial charge in [0.15, 0.2) is 22.7 Å². The van der Waals surface area contributed by atoms with Crippen LogP contribution in [-0.2, 0) is 5.72 Å². The normalized spacial score (nSPS) is 43.6. The van der Waals surface area contributed by atoms with Crippen molar-refractivity contribution in [3.05, 3.63) is 11.6 Å². The van der Waals surface area contributed by atoms with Crippen molar-refractivity contribution in [3.63, 3.8) is 0 Å². The Hall–Kier alpha value is -1.15. The van der Waals surface area contributed by atoms with Crippen LogP contribution in [0.25, 0.3) is 11.2 Å². The first-order valence-corrected chi connectivity index (χ1v) is 11.0. The van der Waals surface area contributed by atoms with Gasteiger partial charge < -0.3 is 15.5 Å². The number of fused-ring (bicyclic) bond motifs is 4. The number of hydrogen-bond donors (Lipinski definition) is 3. The summed E-state index contributed by atoms with van der Waals surface area (Å²) in [5.74, 6) is 2.64. The minimum atomic E-state index is -1.48. The molecule has 4 saturated carbocycles. The molecule has 150 valence electrons. The van der Waals surface area contributed by atoms with E-state index in [0.717, 1.165) is 18.8 Å². The summed E-state index contributed by atoms with van der Waals surface area (Å²) < 4.78 is 1.56. The molecule has 4 aliphatic rings. The van der Waals surface area contributed by atoms with E-state index in [1.165, 1.54) is 25.6 Å². The molecule has 4 fully saturated rings. The van der Waals surface area contributed by atoms with Crippen molar-refractivity contribution < 1.29 is 10.2 Å². The van der Waals surface area contributed by atoms with Crippen LogP contribution in [-0.4, -0.2) is 47.8 Å². The third-order valence-corrected chi connectivity index (χ3v) is 8.57. The third kappa shape index (κ3) is 2.22. The Labute approximate surface area is 172 Å². The molecule has 2 heterocycles. The molecule has 3 N–H and O–H groups in total. The molecule has 28 heavy (non-hydrogen) atoms. The number of aliphatic hydroxyl groups is 2. The van der Waals surface area contributed by atoms with Crippen LogP contribution in [0.2, 0.25) is 5.28 Å². The monoisotopic (exact) mass is 423 g/mol. The lowest BCUT2D eigenvalue weighted by Gasteiger charge is -2.33. The smallest absolute Gasteiger partial charge is 0.226 e. The molecule has 6 rings (SSSR count). The predicted octanol–water partition coefficient (Wildman–Crippen LogP) is 2.74. The van der Waals surface area contributed by atoms with E-state index in [-0.39, 0.29) is 11.2 Å². The summed E-state index contributed by atoms with van der Waals surface area (Å²) in [6, 6.07) is 0.380. The first-order chi connectivity index (χ1) is 13.4. The van der Waals surface area contributed by atoms with Crippen molar-refractivity contribution in [2.24, 2.45) is 23.2 Å².